The van der Waals surface area contributed by atoms with Crippen LogP contribution in [0.4, 0.5) is 0 Å². The molecule has 2 aromatic heterocycles. The number of amides is 2. The molecule has 1 saturated heterocycles. The molecule has 2 unspecified atom stereocenters. The lowest BCUT2D eigenvalue weighted by Crippen LogP contribution is -2.55. The minimum atomic E-state index is -3.74. The van der Waals surface area contributed by atoms with E-state index in [9.17, 15) is 18.0 Å². The second-order valence-electron chi connectivity index (χ2n) is 11.2. The molecule has 2 saturated carbocycles. The Labute approximate surface area is 242 Å². The maximum atomic E-state index is 13.3. The molecule has 3 aliphatic rings. The Morgan fingerprint density at radius 1 is 1.12 bits per heavy atom. The van der Waals surface area contributed by atoms with Crippen LogP contribution >= 0.6 is 0 Å². The van der Waals surface area contributed by atoms with Crippen molar-refractivity contribution >= 4 is 38.4 Å². The summed E-state index contributed by atoms with van der Waals surface area (Å²) in [7, 11) is -3.74. The van der Waals surface area contributed by atoms with Crippen LogP contribution < -0.4 is 20.1 Å². The van der Waals surface area contributed by atoms with Gasteiger partial charge in [-0.1, -0.05) is 48.5 Å². The third-order valence-corrected chi connectivity index (χ3v) is 10.1. The van der Waals surface area contributed by atoms with E-state index in [0.29, 0.717) is 43.8 Å². The zero-order valence-corrected chi connectivity index (χ0v) is 23.5. The molecule has 11 nitrogen and oxygen atoms in total. The standard InChI is InChI=1S/C30H30N6O5S/c1-2-19-16-30(19,29(38)35-42(39,40)21-12-13-21)33-28(37)25-14-20(17-31-25)41-26-15-24(18-8-4-3-5-9-18)32-27-22-10-6-7-11-23(22)34-36(26)27/h2-11,15,19-21,25,31H,1,12-14,16-17H2,(H,33,37)(H,35,38)/t19?,20-,25?,30-/m1/s1. The van der Waals surface area contributed by atoms with Crippen molar-refractivity contribution in [3.05, 3.63) is 73.3 Å². The average molecular weight is 587 g/mol. The summed E-state index contributed by atoms with van der Waals surface area (Å²) < 4.78 is 35.1. The lowest BCUT2D eigenvalue weighted by molar-refractivity contribution is -0.130. The lowest BCUT2D eigenvalue weighted by Gasteiger charge is -2.21. The van der Waals surface area contributed by atoms with Gasteiger partial charge in [-0.3, -0.25) is 14.3 Å². The van der Waals surface area contributed by atoms with Gasteiger partial charge in [-0.05, 0) is 31.4 Å². The number of fused-ring (bicyclic) bond motifs is 3. The fourth-order valence-corrected chi connectivity index (χ4v) is 7.00. The number of benzene rings is 2. The highest BCUT2D eigenvalue weighted by Gasteiger charge is 2.61. The van der Waals surface area contributed by atoms with E-state index in [-0.39, 0.29) is 17.9 Å². The number of sulfonamides is 1. The minimum absolute atomic E-state index is 0.297. The highest BCUT2D eigenvalue weighted by molar-refractivity contribution is 7.91. The van der Waals surface area contributed by atoms with Crippen molar-refractivity contribution in [2.45, 2.75) is 48.6 Å². The summed E-state index contributed by atoms with van der Waals surface area (Å²) in [4.78, 5) is 31.2. The first-order valence-electron chi connectivity index (χ1n) is 14.0. The summed E-state index contributed by atoms with van der Waals surface area (Å²) in [6, 6.07) is 18.8. The van der Waals surface area contributed by atoms with E-state index in [4.69, 9.17) is 14.8 Å². The van der Waals surface area contributed by atoms with Crippen LogP contribution in [0.1, 0.15) is 25.7 Å². The van der Waals surface area contributed by atoms with Gasteiger partial charge in [-0.25, -0.2) is 13.4 Å². The molecule has 0 spiro atoms. The first-order chi connectivity index (χ1) is 20.3. The predicted octanol–water partition coefficient (Wildman–Crippen LogP) is 2.33. The molecule has 216 valence electrons. The number of hydrogen-bond donors (Lipinski definition) is 3. The number of ether oxygens (including phenoxy) is 1. The molecule has 12 heteroatoms. The smallest absolute Gasteiger partial charge is 0.259 e. The Bertz CT molecular complexity index is 1840. The highest BCUT2D eigenvalue weighted by Crippen LogP contribution is 2.45. The molecule has 3 heterocycles. The van der Waals surface area contributed by atoms with Gasteiger partial charge in [-0.2, -0.15) is 9.61 Å². The van der Waals surface area contributed by atoms with Gasteiger partial charge in [0.15, 0.2) is 5.65 Å². The topological polar surface area (TPSA) is 144 Å². The van der Waals surface area contributed by atoms with Crippen LogP contribution in [0.25, 0.3) is 27.8 Å². The SMILES string of the molecule is C=CC1C[C@]1(NC(=O)C1C[C@@H](Oc2cc(-c3ccccc3)nc3c4ccccc4nn23)CN1)C(=O)NS(=O)(=O)C1CC1. The normalized spacial score (nSPS) is 25.3. The lowest BCUT2D eigenvalue weighted by atomic mass is 10.1. The third kappa shape index (κ3) is 4.70. The second kappa shape index (κ2) is 9.92. The van der Waals surface area contributed by atoms with Crippen LogP contribution in [0, 0.1) is 5.92 Å². The Kier molecular flexibility index (Phi) is 6.28. The van der Waals surface area contributed by atoms with Crippen molar-refractivity contribution < 1.29 is 22.7 Å². The molecule has 4 atom stereocenters. The number of nitrogens with zero attached hydrogens (tertiary/aromatic N) is 3. The van der Waals surface area contributed by atoms with E-state index in [2.05, 4.69) is 21.9 Å². The minimum Gasteiger partial charge on any atom is -0.473 e. The zero-order valence-electron chi connectivity index (χ0n) is 22.7. The average Bonchev–Trinajstić information content (AvgIpc) is 3.89. The molecule has 7 rings (SSSR count). The van der Waals surface area contributed by atoms with Crippen molar-refractivity contribution in [3.63, 3.8) is 0 Å². The van der Waals surface area contributed by atoms with Gasteiger partial charge in [0.1, 0.15) is 11.6 Å². The number of carbonyl (C=O) groups excluding carboxylic acids is 2. The van der Waals surface area contributed by atoms with Gasteiger partial charge >= 0.3 is 0 Å². The summed E-state index contributed by atoms with van der Waals surface area (Å²) in [6.07, 6.45) is 2.91. The van der Waals surface area contributed by atoms with E-state index in [1.807, 2.05) is 60.7 Å². The Hall–Kier alpha value is -4.29. The quantitative estimate of drug-likeness (QED) is 0.254. The first kappa shape index (κ1) is 26.6. The van der Waals surface area contributed by atoms with E-state index < -0.39 is 32.8 Å². The second-order valence-corrected chi connectivity index (χ2v) is 13.2. The fraction of sp³-hybridized carbons (Fsp3) is 0.333. The van der Waals surface area contributed by atoms with Gasteiger partial charge < -0.3 is 15.4 Å². The molecule has 2 aliphatic carbocycles. The summed E-state index contributed by atoms with van der Waals surface area (Å²) in [5.74, 6) is -0.950. The van der Waals surface area contributed by atoms with E-state index >= 15 is 0 Å². The number of carbonyl (C=O) groups is 2. The van der Waals surface area contributed by atoms with Crippen LogP contribution in [0.15, 0.2) is 73.3 Å². The largest absolute Gasteiger partial charge is 0.473 e. The molecular weight excluding hydrogens is 556 g/mol. The van der Waals surface area contributed by atoms with E-state index in [1.54, 1.807) is 10.6 Å². The molecule has 0 bridgehead atoms. The molecule has 2 amide bonds. The van der Waals surface area contributed by atoms with Crippen LogP contribution in [0.3, 0.4) is 0 Å². The molecule has 1 aliphatic heterocycles. The maximum absolute atomic E-state index is 13.3. The third-order valence-electron chi connectivity index (χ3n) is 8.26. The Morgan fingerprint density at radius 2 is 1.88 bits per heavy atom. The van der Waals surface area contributed by atoms with Gasteiger partial charge in [0.25, 0.3) is 5.91 Å². The molecule has 3 fully saturated rings. The first-order valence-corrected chi connectivity index (χ1v) is 15.6. The summed E-state index contributed by atoms with van der Waals surface area (Å²) in [6.45, 7) is 4.14. The van der Waals surface area contributed by atoms with Crippen molar-refractivity contribution in [1.29, 1.82) is 0 Å². The summed E-state index contributed by atoms with van der Waals surface area (Å²) in [5.41, 5.74) is 1.81. The van der Waals surface area contributed by atoms with Crippen LogP contribution in [-0.4, -0.2) is 64.3 Å². The van der Waals surface area contributed by atoms with Crippen molar-refractivity contribution in [3.8, 4) is 17.1 Å². The monoisotopic (exact) mass is 586 g/mol. The Morgan fingerprint density at radius 3 is 2.62 bits per heavy atom. The molecule has 4 aromatic rings. The number of rotatable bonds is 9. The van der Waals surface area contributed by atoms with Crippen molar-refractivity contribution in [2.24, 2.45) is 5.92 Å². The number of hydrogen-bond acceptors (Lipinski definition) is 8. The Balaban J connectivity index is 1.10. The number of nitrogens with one attached hydrogen (secondary N) is 3. The van der Waals surface area contributed by atoms with E-state index in [0.717, 1.165) is 22.2 Å². The zero-order chi connectivity index (χ0) is 29.1. The number of aromatic nitrogens is 3. The van der Waals surface area contributed by atoms with Gasteiger partial charge in [0.2, 0.25) is 21.8 Å². The van der Waals surface area contributed by atoms with Gasteiger partial charge in [0.05, 0.1) is 22.5 Å². The summed E-state index contributed by atoms with van der Waals surface area (Å²) >= 11 is 0. The molecule has 3 N–H and O–H groups in total. The highest BCUT2D eigenvalue weighted by atomic mass is 32.2. The van der Waals surface area contributed by atoms with Crippen molar-refractivity contribution in [1.82, 2.24) is 30.0 Å². The molecular formula is C30H30N6O5S. The van der Waals surface area contributed by atoms with Crippen LogP contribution in [-0.2, 0) is 19.6 Å². The predicted molar refractivity (Wildman–Crippen MR) is 156 cm³/mol. The summed E-state index contributed by atoms with van der Waals surface area (Å²) in [5, 5.41) is 11.1. The van der Waals surface area contributed by atoms with Gasteiger partial charge in [0, 0.05) is 35.9 Å². The molecule has 2 aromatic carbocycles. The van der Waals surface area contributed by atoms with Crippen LogP contribution in [0.5, 0.6) is 5.88 Å². The molecule has 42 heavy (non-hydrogen) atoms. The van der Waals surface area contributed by atoms with Gasteiger partial charge in [-0.15, -0.1) is 6.58 Å². The van der Waals surface area contributed by atoms with E-state index in [1.165, 1.54) is 0 Å². The fourth-order valence-electron chi connectivity index (χ4n) is 5.63. The molecule has 0 radical (unpaired) electrons. The van der Waals surface area contributed by atoms with Crippen molar-refractivity contribution in [2.75, 3.05) is 6.54 Å². The maximum Gasteiger partial charge on any atom is 0.259 e. The van der Waals surface area contributed by atoms with Crippen LogP contribution in [0.2, 0.25) is 0 Å².